The predicted octanol–water partition coefficient (Wildman–Crippen LogP) is 0.950. The molecule has 23 heavy (non-hydrogen) atoms. The van der Waals surface area contributed by atoms with Crippen LogP contribution in [-0.2, 0) is 14.8 Å². The van der Waals surface area contributed by atoms with Gasteiger partial charge in [-0.3, -0.25) is 9.78 Å². The van der Waals surface area contributed by atoms with Gasteiger partial charge >= 0.3 is 0 Å². The molecule has 1 amide bonds. The molecule has 1 aromatic heterocycles. The summed E-state index contributed by atoms with van der Waals surface area (Å²) >= 11 is 0. The number of anilines is 1. The first-order valence-electron chi connectivity index (χ1n) is 7.22. The molecule has 1 N–H and O–H groups in total. The Morgan fingerprint density at radius 1 is 1.22 bits per heavy atom. The smallest absolute Gasteiger partial charge is 0.264 e. The zero-order valence-corrected chi connectivity index (χ0v) is 13.1. The Kier molecular flexibility index (Phi) is 4.24. The van der Waals surface area contributed by atoms with Gasteiger partial charge in [0, 0.05) is 18.9 Å². The molecule has 2 heterocycles. The van der Waals surface area contributed by atoms with Crippen LogP contribution in [0.15, 0.2) is 53.8 Å². The first-order valence-corrected chi connectivity index (χ1v) is 8.70. The van der Waals surface area contributed by atoms with Gasteiger partial charge in [-0.25, -0.2) is 18.1 Å². The lowest BCUT2D eigenvalue weighted by Gasteiger charge is -2.24. The quantitative estimate of drug-likeness (QED) is 0.896. The zero-order valence-electron chi connectivity index (χ0n) is 12.3. The van der Waals surface area contributed by atoms with Gasteiger partial charge in [0.25, 0.3) is 15.9 Å². The standard InChI is InChI=1S/C15H16N4O3S/c20-15(18-23(21,22)12-5-2-1-3-6-12)13-7-4-10-19(13)14-11-16-8-9-17-14/h1-3,5-6,8-9,11,13H,4,7,10H2,(H,18,20). The zero-order chi connectivity index (χ0) is 16.3. The molecule has 8 heteroatoms. The minimum absolute atomic E-state index is 0.0670. The molecule has 2 aromatic rings. The molecule has 0 aliphatic carbocycles. The number of sulfonamides is 1. The van der Waals surface area contributed by atoms with Crippen LogP contribution >= 0.6 is 0 Å². The van der Waals surface area contributed by atoms with Crippen LogP contribution in [0, 0.1) is 0 Å². The van der Waals surface area contributed by atoms with E-state index >= 15 is 0 Å². The van der Waals surface area contributed by atoms with Crippen molar-refractivity contribution in [1.29, 1.82) is 0 Å². The van der Waals surface area contributed by atoms with Gasteiger partial charge < -0.3 is 4.90 Å². The van der Waals surface area contributed by atoms with Gasteiger partial charge in [0.15, 0.2) is 0 Å². The highest BCUT2D eigenvalue weighted by Gasteiger charge is 2.34. The molecule has 1 saturated heterocycles. The second-order valence-corrected chi connectivity index (χ2v) is 6.88. The predicted molar refractivity (Wildman–Crippen MR) is 84.2 cm³/mol. The van der Waals surface area contributed by atoms with E-state index in [4.69, 9.17) is 0 Å². The van der Waals surface area contributed by atoms with E-state index < -0.39 is 22.0 Å². The van der Waals surface area contributed by atoms with Crippen molar-refractivity contribution in [3.8, 4) is 0 Å². The fourth-order valence-electron chi connectivity index (χ4n) is 2.61. The molecule has 0 spiro atoms. The maximum Gasteiger partial charge on any atom is 0.264 e. The van der Waals surface area contributed by atoms with Crippen molar-refractivity contribution in [2.75, 3.05) is 11.4 Å². The number of nitrogens with zero attached hydrogens (tertiary/aromatic N) is 3. The van der Waals surface area contributed by atoms with E-state index in [-0.39, 0.29) is 4.90 Å². The van der Waals surface area contributed by atoms with Gasteiger partial charge in [-0.2, -0.15) is 0 Å². The summed E-state index contributed by atoms with van der Waals surface area (Å²) in [6.07, 6.45) is 6.03. The average molecular weight is 332 g/mol. The summed E-state index contributed by atoms with van der Waals surface area (Å²) in [7, 11) is -3.86. The van der Waals surface area contributed by atoms with E-state index in [9.17, 15) is 13.2 Å². The Labute approximate surface area is 134 Å². The monoisotopic (exact) mass is 332 g/mol. The second kappa shape index (κ2) is 6.33. The highest BCUT2D eigenvalue weighted by atomic mass is 32.2. The van der Waals surface area contributed by atoms with Crippen molar-refractivity contribution in [2.45, 2.75) is 23.8 Å². The lowest BCUT2D eigenvalue weighted by atomic mass is 10.2. The number of hydrogen-bond acceptors (Lipinski definition) is 6. The molecule has 0 bridgehead atoms. The van der Waals surface area contributed by atoms with E-state index in [2.05, 4.69) is 14.7 Å². The molecule has 1 aliphatic rings. The van der Waals surface area contributed by atoms with Crippen LogP contribution in [0.25, 0.3) is 0 Å². The number of nitrogens with one attached hydrogen (secondary N) is 1. The Hall–Kier alpha value is -2.48. The number of hydrogen-bond donors (Lipinski definition) is 1. The van der Waals surface area contributed by atoms with E-state index in [0.29, 0.717) is 18.8 Å². The van der Waals surface area contributed by atoms with Gasteiger partial charge in [-0.05, 0) is 25.0 Å². The molecule has 3 rings (SSSR count). The lowest BCUT2D eigenvalue weighted by molar-refractivity contribution is -0.120. The molecule has 1 unspecified atom stereocenters. The fourth-order valence-corrected chi connectivity index (χ4v) is 3.65. The SMILES string of the molecule is O=C(NS(=O)(=O)c1ccccc1)C1CCCN1c1cnccn1. The summed E-state index contributed by atoms with van der Waals surface area (Å²) in [4.78, 5) is 22.5. The molecule has 1 aromatic carbocycles. The maximum absolute atomic E-state index is 12.4. The normalized spacial score (nSPS) is 17.9. The number of carbonyl (C=O) groups excluding carboxylic acids is 1. The van der Waals surface area contributed by atoms with Crippen molar-refractivity contribution in [3.63, 3.8) is 0 Å². The van der Waals surface area contributed by atoms with Gasteiger partial charge in [-0.1, -0.05) is 18.2 Å². The Morgan fingerprint density at radius 3 is 2.70 bits per heavy atom. The third-order valence-corrected chi connectivity index (χ3v) is 5.05. The van der Waals surface area contributed by atoms with Crippen molar-refractivity contribution < 1.29 is 13.2 Å². The van der Waals surface area contributed by atoms with Crippen molar-refractivity contribution in [1.82, 2.24) is 14.7 Å². The van der Waals surface area contributed by atoms with Crippen LogP contribution < -0.4 is 9.62 Å². The summed E-state index contributed by atoms with van der Waals surface area (Å²) < 4.78 is 26.7. The second-order valence-electron chi connectivity index (χ2n) is 5.20. The van der Waals surface area contributed by atoms with E-state index in [0.717, 1.165) is 6.42 Å². The fraction of sp³-hybridized carbons (Fsp3) is 0.267. The van der Waals surface area contributed by atoms with E-state index in [1.165, 1.54) is 12.1 Å². The Morgan fingerprint density at radius 2 is 2.00 bits per heavy atom. The molecular weight excluding hydrogens is 316 g/mol. The van der Waals surface area contributed by atoms with Gasteiger partial charge in [0.05, 0.1) is 11.1 Å². The molecular formula is C15H16N4O3S. The summed E-state index contributed by atoms with van der Waals surface area (Å²) in [5.74, 6) is 0.0271. The van der Waals surface area contributed by atoms with Crippen LogP contribution in [0.1, 0.15) is 12.8 Å². The van der Waals surface area contributed by atoms with Gasteiger partial charge in [-0.15, -0.1) is 0 Å². The van der Waals surface area contributed by atoms with Crippen molar-refractivity contribution in [2.24, 2.45) is 0 Å². The first-order chi connectivity index (χ1) is 11.1. The van der Waals surface area contributed by atoms with Crippen molar-refractivity contribution in [3.05, 3.63) is 48.9 Å². The van der Waals surface area contributed by atoms with Gasteiger partial charge in [0.1, 0.15) is 11.9 Å². The van der Waals surface area contributed by atoms with Gasteiger partial charge in [0.2, 0.25) is 0 Å². The van der Waals surface area contributed by atoms with Crippen molar-refractivity contribution >= 4 is 21.7 Å². The topological polar surface area (TPSA) is 92.3 Å². The van der Waals surface area contributed by atoms with Crippen LogP contribution in [0.3, 0.4) is 0 Å². The Balaban J connectivity index is 1.78. The summed E-state index contributed by atoms with van der Waals surface area (Å²) in [6, 6.07) is 7.27. The van der Waals surface area contributed by atoms with Crippen LogP contribution in [0.2, 0.25) is 0 Å². The highest BCUT2D eigenvalue weighted by molar-refractivity contribution is 7.90. The van der Waals surface area contributed by atoms with Crippen LogP contribution in [-0.4, -0.2) is 36.9 Å². The molecule has 0 saturated carbocycles. The first kappa shape index (κ1) is 15.4. The summed E-state index contributed by atoms with van der Waals surface area (Å²) in [5.41, 5.74) is 0. The average Bonchev–Trinajstić information content (AvgIpc) is 3.06. The molecule has 1 atom stereocenters. The van der Waals surface area contributed by atoms with Crippen LogP contribution in [0.4, 0.5) is 5.82 Å². The minimum Gasteiger partial charge on any atom is -0.343 e. The minimum atomic E-state index is -3.86. The third-order valence-electron chi connectivity index (χ3n) is 3.69. The van der Waals surface area contributed by atoms with E-state index in [1.807, 2.05) is 0 Å². The van der Waals surface area contributed by atoms with Crippen LogP contribution in [0.5, 0.6) is 0 Å². The number of aromatic nitrogens is 2. The Bertz CT molecular complexity index is 781. The highest BCUT2D eigenvalue weighted by Crippen LogP contribution is 2.23. The number of rotatable bonds is 4. The maximum atomic E-state index is 12.4. The largest absolute Gasteiger partial charge is 0.343 e. The molecule has 120 valence electrons. The number of amides is 1. The molecule has 7 nitrogen and oxygen atoms in total. The molecule has 0 radical (unpaired) electrons. The van der Waals surface area contributed by atoms with E-state index in [1.54, 1.807) is 41.7 Å². The third kappa shape index (κ3) is 3.31. The lowest BCUT2D eigenvalue weighted by Crippen LogP contribution is -2.45. The number of carbonyl (C=O) groups is 1. The number of benzene rings is 1. The molecule has 1 aliphatic heterocycles. The summed E-state index contributed by atoms with van der Waals surface area (Å²) in [5, 5.41) is 0. The molecule has 1 fully saturated rings. The summed E-state index contributed by atoms with van der Waals surface area (Å²) in [6.45, 7) is 0.641.